The van der Waals surface area contributed by atoms with Crippen LogP contribution < -0.4 is 10.0 Å². The molecule has 1 amide bonds. The summed E-state index contributed by atoms with van der Waals surface area (Å²) in [6, 6.07) is 12.2. The number of carbonyl (C=O) groups excluding carboxylic acids is 1. The van der Waals surface area contributed by atoms with Crippen LogP contribution in [0.25, 0.3) is 0 Å². The summed E-state index contributed by atoms with van der Waals surface area (Å²) in [6.45, 7) is 3.64. The predicted octanol–water partition coefficient (Wildman–Crippen LogP) is 4.95. The number of aryl methyl sites for hydroxylation is 2. The zero-order valence-corrected chi connectivity index (χ0v) is 18.0. The molecule has 2 aromatic carbocycles. The number of hydrogen-bond acceptors (Lipinski definition) is 3. The molecule has 0 atom stereocenters. The summed E-state index contributed by atoms with van der Waals surface area (Å²) in [6.07, 6.45) is 7.91. The average molecular weight is 415 g/mol. The molecule has 1 saturated carbocycles. The number of amides is 1. The first-order valence-corrected chi connectivity index (χ1v) is 11.8. The Morgan fingerprint density at radius 1 is 0.931 bits per heavy atom. The molecule has 1 fully saturated rings. The van der Waals surface area contributed by atoms with Crippen LogP contribution in [0.3, 0.4) is 0 Å². The third-order valence-corrected chi connectivity index (χ3v) is 6.97. The van der Waals surface area contributed by atoms with Crippen molar-refractivity contribution in [3.8, 4) is 0 Å². The van der Waals surface area contributed by atoms with Crippen molar-refractivity contribution in [1.82, 2.24) is 5.32 Å². The highest BCUT2D eigenvalue weighted by Gasteiger charge is 2.21. The van der Waals surface area contributed by atoms with Gasteiger partial charge >= 0.3 is 0 Å². The SMILES string of the molecule is Cc1cccc(NS(=O)(=O)c2cc(C(=O)NC3CCCCCCC3)ccc2C)c1. The van der Waals surface area contributed by atoms with E-state index in [1.54, 1.807) is 37.3 Å². The lowest BCUT2D eigenvalue weighted by atomic mass is 9.96. The van der Waals surface area contributed by atoms with Gasteiger partial charge in [0.2, 0.25) is 0 Å². The second-order valence-electron chi connectivity index (χ2n) is 7.97. The number of hydrogen-bond donors (Lipinski definition) is 2. The molecule has 6 heteroatoms. The normalized spacial score (nSPS) is 15.9. The quantitative estimate of drug-likeness (QED) is 0.727. The first-order chi connectivity index (χ1) is 13.8. The molecule has 0 heterocycles. The van der Waals surface area contributed by atoms with Crippen molar-refractivity contribution in [1.29, 1.82) is 0 Å². The molecule has 2 N–H and O–H groups in total. The zero-order valence-electron chi connectivity index (χ0n) is 17.2. The lowest BCUT2D eigenvalue weighted by molar-refractivity contribution is 0.0930. The summed E-state index contributed by atoms with van der Waals surface area (Å²) >= 11 is 0. The summed E-state index contributed by atoms with van der Waals surface area (Å²) in [5, 5.41) is 3.10. The van der Waals surface area contributed by atoms with Gasteiger partial charge in [-0.3, -0.25) is 9.52 Å². The fourth-order valence-corrected chi connectivity index (χ4v) is 5.14. The Hall–Kier alpha value is -2.34. The van der Waals surface area contributed by atoms with Gasteiger partial charge in [-0.1, -0.05) is 50.3 Å². The number of carbonyl (C=O) groups is 1. The fraction of sp³-hybridized carbons (Fsp3) is 0.435. The Morgan fingerprint density at radius 2 is 1.62 bits per heavy atom. The maximum atomic E-state index is 12.9. The number of nitrogens with one attached hydrogen (secondary N) is 2. The van der Waals surface area contributed by atoms with Gasteiger partial charge < -0.3 is 5.32 Å². The van der Waals surface area contributed by atoms with Crippen LogP contribution >= 0.6 is 0 Å². The number of rotatable bonds is 5. The molecule has 1 aliphatic carbocycles. The predicted molar refractivity (Wildman–Crippen MR) is 117 cm³/mol. The van der Waals surface area contributed by atoms with Crippen molar-refractivity contribution in [2.75, 3.05) is 4.72 Å². The number of anilines is 1. The molecule has 0 bridgehead atoms. The van der Waals surface area contributed by atoms with E-state index in [1.165, 1.54) is 25.3 Å². The van der Waals surface area contributed by atoms with Crippen molar-refractivity contribution >= 4 is 21.6 Å². The number of benzene rings is 2. The van der Waals surface area contributed by atoms with Crippen LogP contribution in [0.15, 0.2) is 47.4 Å². The second kappa shape index (κ2) is 9.44. The lowest BCUT2D eigenvalue weighted by Gasteiger charge is -2.21. The van der Waals surface area contributed by atoms with E-state index in [0.29, 0.717) is 16.8 Å². The Balaban J connectivity index is 1.78. The van der Waals surface area contributed by atoms with Crippen molar-refractivity contribution in [3.05, 3.63) is 59.2 Å². The maximum absolute atomic E-state index is 12.9. The Morgan fingerprint density at radius 3 is 2.31 bits per heavy atom. The smallest absolute Gasteiger partial charge is 0.262 e. The fourth-order valence-electron chi connectivity index (χ4n) is 3.82. The third kappa shape index (κ3) is 5.82. The van der Waals surface area contributed by atoms with Crippen LogP contribution in [0.1, 0.15) is 66.4 Å². The molecule has 0 spiro atoms. The van der Waals surface area contributed by atoms with Crippen molar-refractivity contribution in [2.24, 2.45) is 0 Å². The summed E-state index contributed by atoms with van der Waals surface area (Å²) in [5.74, 6) is -0.206. The van der Waals surface area contributed by atoms with Crippen molar-refractivity contribution in [3.63, 3.8) is 0 Å². The van der Waals surface area contributed by atoms with Gasteiger partial charge in [0.15, 0.2) is 0 Å². The third-order valence-electron chi connectivity index (χ3n) is 5.45. The summed E-state index contributed by atoms with van der Waals surface area (Å²) < 4.78 is 28.5. The molecule has 0 unspecified atom stereocenters. The molecule has 156 valence electrons. The molecule has 2 aromatic rings. The topological polar surface area (TPSA) is 75.3 Å². The summed E-state index contributed by atoms with van der Waals surface area (Å²) in [4.78, 5) is 12.9. The van der Waals surface area contributed by atoms with Crippen molar-refractivity contribution < 1.29 is 13.2 Å². The molecule has 0 radical (unpaired) electrons. The molecule has 29 heavy (non-hydrogen) atoms. The van der Waals surface area contributed by atoms with E-state index in [9.17, 15) is 13.2 Å². The van der Waals surface area contributed by atoms with E-state index in [4.69, 9.17) is 0 Å². The summed E-state index contributed by atoms with van der Waals surface area (Å²) in [7, 11) is -3.79. The summed E-state index contributed by atoms with van der Waals surface area (Å²) in [5.41, 5.74) is 2.46. The van der Waals surface area contributed by atoms with E-state index >= 15 is 0 Å². The molecular weight excluding hydrogens is 384 g/mol. The highest BCUT2D eigenvalue weighted by molar-refractivity contribution is 7.92. The molecule has 0 saturated heterocycles. The molecule has 5 nitrogen and oxygen atoms in total. The Kier molecular flexibility index (Phi) is 6.96. The van der Waals surface area contributed by atoms with Gasteiger partial charge in [-0.15, -0.1) is 0 Å². The van der Waals surface area contributed by atoms with E-state index in [2.05, 4.69) is 10.0 Å². The highest BCUT2D eigenvalue weighted by Crippen LogP contribution is 2.22. The minimum Gasteiger partial charge on any atom is -0.349 e. The van der Waals surface area contributed by atoms with Crippen LogP contribution in [-0.4, -0.2) is 20.4 Å². The molecular formula is C23H30N2O3S. The van der Waals surface area contributed by atoms with E-state index in [1.807, 2.05) is 13.0 Å². The minimum atomic E-state index is -3.79. The van der Waals surface area contributed by atoms with Gasteiger partial charge in [0, 0.05) is 17.3 Å². The van der Waals surface area contributed by atoms with E-state index in [-0.39, 0.29) is 16.8 Å². The van der Waals surface area contributed by atoms with Crippen LogP contribution in [0.5, 0.6) is 0 Å². The van der Waals surface area contributed by atoms with Gasteiger partial charge in [-0.05, 0) is 62.1 Å². The van der Waals surface area contributed by atoms with Crippen LogP contribution in [0.4, 0.5) is 5.69 Å². The largest absolute Gasteiger partial charge is 0.349 e. The Labute approximate surface area is 174 Å². The van der Waals surface area contributed by atoms with E-state index < -0.39 is 10.0 Å². The minimum absolute atomic E-state index is 0.129. The second-order valence-corrected chi connectivity index (χ2v) is 9.62. The maximum Gasteiger partial charge on any atom is 0.262 e. The first-order valence-electron chi connectivity index (χ1n) is 10.4. The van der Waals surface area contributed by atoms with Gasteiger partial charge in [0.25, 0.3) is 15.9 Å². The van der Waals surface area contributed by atoms with Gasteiger partial charge in [0.05, 0.1) is 4.90 Å². The monoisotopic (exact) mass is 414 g/mol. The molecule has 3 rings (SSSR count). The molecule has 1 aliphatic rings. The highest BCUT2D eigenvalue weighted by atomic mass is 32.2. The van der Waals surface area contributed by atoms with Crippen LogP contribution in [0.2, 0.25) is 0 Å². The first kappa shape index (κ1) is 21.4. The number of sulfonamides is 1. The van der Waals surface area contributed by atoms with Gasteiger partial charge in [0.1, 0.15) is 0 Å². The van der Waals surface area contributed by atoms with Crippen molar-refractivity contribution in [2.45, 2.75) is 69.7 Å². The standard InChI is InChI=1S/C23H30N2O3S/c1-17-9-8-12-21(15-17)25-29(27,28)22-16-19(14-13-18(22)2)23(26)24-20-10-6-4-3-5-7-11-20/h8-9,12-16,20,25H,3-7,10-11H2,1-2H3,(H,24,26). The van der Waals surface area contributed by atoms with Gasteiger partial charge in [-0.2, -0.15) is 0 Å². The van der Waals surface area contributed by atoms with Crippen LogP contribution in [0, 0.1) is 13.8 Å². The zero-order chi connectivity index (χ0) is 20.9. The van der Waals surface area contributed by atoms with Crippen LogP contribution in [-0.2, 0) is 10.0 Å². The average Bonchev–Trinajstić information content (AvgIpc) is 2.63. The van der Waals surface area contributed by atoms with Gasteiger partial charge in [-0.25, -0.2) is 8.42 Å². The van der Waals surface area contributed by atoms with E-state index in [0.717, 1.165) is 31.2 Å². The lowest BCUT2D eigenvalue weighted by Crippen LogP contribution is -2.35. The molecule has 0 aliphatic heterocycles. The molecule has 0 aromatic heterocycles. The Bertz CT molecular complexity index is 962.